The maximum absolute atomic E-state index is 3.62. The fourth-order valence-electron chi connectivity index (χ4n) is 1.72. The molecule has 2 rings (SSSR count). The summed E-state index contributed by atoms with van der Waals surface area (Å²) in [6.07, 6.45) is 1.33. The van der Waals surface area contributed by atoms with Crippen LogP contribution in [0.3, 0.4) is 0 Å². The molecule has 1 aliphatic rings. The molecule has 1 N–H and O–H groups in total. The zero-order valence-electron chi connectivity index (χ0n) is 8.63. The van der Waals surface area contributed by atoms with Crippen LogP contribution in [0, 0.1) is 5.92 Å². The van der Waals surface area contributed by atoms with Gasteiger partial charge >= 0.3 is 0 Å². The zero-order chi connectivity index (χ0) is 10.1. The topological polar surface area (TPSA) is 12.0 Å². The molecule has 1 aliphatic carbocycles. The van der Waals surface area contributed by atoms with Crippen molar-refractivity contribution < 1.29 is 0 Å². The highest BCUT2D eigenvalue weighted by Gasteiger charge is 2.33. The summed E-state index contributed by atoms with van der Waals surface area (Å²) in [7, 11) is 0. The molecule has 14 heavy (non-hydrogen) atoms. The molecule has 0 aromatic heterocycles. The summed E-state index contributed by atoms with van der Waals surface area (Å²) in [6.45, 7) is 4.53. The quantitative estimate of drug-likeness (QED) is 0.870. The molecule has 0 saturated heterocycles. The van der Waals surface area contributed by atoms with E-state index >= 15 is 0 Å². The van der Waals surface area contributed by atoms with Crippen LogP contribution in [0.15, 0.2) is 28.7 Å². The van der Waals surface area contributed by atoms with E-state index in [-0.39, 0.29) is 0 Å². The summed E-state index contributed by atoms with van der Waals surface area (Å²) >= 11 is 3.45. The normalized spacial score (nSPS) is 27.4. The molecular formula is C12H16BrN. The molecule has 0 spiro atoms. The molecule has 0 heterocycles. The Hall–Kier alpha value is -0.340. The van der Waals surface area contributed by atoms with E-state index in [4.69, 9.17) is 0 Å². The largest absolute Gasteiger partial charge is 0.307 e. The van der Waals surface area contributed by atoms with Crippen LogP contribution >= 0.6 is 15.9 Å². The van der Waals surface area contributed by atoms with Crippen molar-refractivity contribution >= 4 is 15.9 Å². The molecule has 1 aromatic carbocycles. The Labute approximate surface area is 94.0 Å². The van der Waals surface area contributed by atoms with Crippen LogP contribution in [0.25, 0.3) is 0 Å². The van der Waals surface area contributed by atoms with Gasteiger partial charge in [-0.1, -0.05) is 35.0 Å². The van der Waals surface area contributed by atoms with Crippen LogP contribution < -0.4 is 5.32 Å². The van der Waals surface area contributed by atoms with Gasteiger partial charge in [-0.2, -0.15) is 0 Å². The average Bonchev–Trinajstić information content (AvgIpc) is 2.82. The van der Waals surface area contributed by atoms with Gasteiger partial charge in [0.05, 0.1) is 0 Å². The van der Waals surface area contributed by atoms with Crippen molar-refractivity contribution in [3.05, 3.63) is 34.3 Å². The highest BCUT2D eigenvalue weighted by Crippen LogP contribution is 2.31. The lowest BCUT2D eigenvalue weighted by Gasteiger charge is -2.13. The van der Waals surface area contributed by atoms with Crippen LogP contribution in [0.5, 0.6) is 0 Å². The fraction of sp³-hybridized carbons (Fsp3) is 0.500. The monoisotopic (exact) mass is 253 g/mol. The number of halogens is 1. The third-order valence-electron chi connectivity index (χ3n) is 2.94. The van der Waals surface area contributed by atoms with E-state index in [1.165, 1.54) is 12.0 Å². The van der Waals surface area contributed by atoms with E-state index < -0.39 is 0 Å². The Balaban J connectivity index is 1.96. The molecule has 0 aliphatic heterocycles. The van der Waals surface area contributed by atoms with Gasteiger partial charge in [0.15, 0.2) is 0 Å². The molecule has 1 nitrogen and oxygen atoms in total. The first kappa shape index (κ1) is 10.2. The number of nitrogens with one attached hydrogen (secondary N) is 1. The van der Waals surface area contributed by atoms with Crippen molar-refractivity contribution in [3.8, 4) is 0 Å². The average molecular weight is 254 g/mol. The molecule has 0 bridgehead atoms. The van der Waals surface area contributed by atoms with Crippen molar-refractivity contribution in [3.63, 3.8) is 0 Å². The number of benzene rings is 1. The predicted molar refractivity (Wildman–Crippen MR) is 63.3 cm³/mol. The maximum Gasteiger partial charge on any atom is 0.0294 e. The molecule has 3 unspecified atom stereocenters. The predicted octanol–water partition coefficient (Wildman–Crippen LogP) is 3.51. The van der Waals surface area contributed by atoms with Gasteiger partial charge in [0, 0.05) is 16.6 Å². The summed E-state index contributed by atoms with van der Waals surface area (Å²) in [5.74, 6) is 0.868. The molecule has 0 amide bonds. The Morgan fingerprint density at radius 1 is 1.36 bits per heavy atom. The second-order valence-corrected chi connectivity index (χ2v) is 5.18. The van der Waals surface area contributed by atoms with E-state index in [0.717, 1.165) is 16.4 Å². The van der Waals surface area contributed by atoms with Gasteiger partial charge in [-0.05, 0) is 37.0 Å². The summed E-state index contributed by atoms with van der Waals surface area (Å²) in [5.41, 5.74) is 1.37. The molecular weight excluding hydrogens is 238 g/mol. The highest BCUT2D eigenvalue weighted by molar-refractivity contribution is 9.10. The van der Waals surface area contributed by atoms with Crippen molar-refractivity contribution in [1.29, 1.82) is 0 Å². The Morgan fingerprint density at radius 3 is 2.43 bits per heavy atom. The van der Waals surface area contributed by atoms with E-state index in [1.54, 1.807) is 0 Å². The van der Waals surface area contributed by atoms with E-state index in [1.807, 2.05) is 0 Å². The van der Waals surface area contributed by atoms with Gasteiger partial charge in [-0.3, -0.25) is 0 Å². The molecule has 3 atom stereocenters. The maximum atomic E-state index is 3.62. The fourth-order valence-corrected chi connectivity index (χ4v) is 1.99. The van der Waals surface area contributed by atoms with Crippen LogP contribution in [0.4, 0.5) is 0 Å². The van der Waals surface area contributed by atoms with Crippen molar-refractivity contribution in [1.82, 2.24) is 5.32 Å². The molecule has 1 aromatic rings. The first-order valence-electron chi connectivity index (χ1n) is 5.18. The second-order valence-electron chi connectivity index (χ2n) is 4.26. The van der Waals surface area contributed by atoms with Gasteiger partial charge in [-0.15, -0.1) is 0 Å². The minimum Gasteiger partial charge on any atom is -0.307 e. The number of rotatable bonds is 3. The summed E-state index contributed by atoms with van der Waals surface area (Å²) in [4.78, 5) is 0. The van der Waals surface area contributed by atoms with Crippen LogP contribution in [-0.4, -0.2) is 6.04 Å². The Morgan fingerprint density at radius 2 is 1.93 bits per heavy atom. The van der Waals surface area contributed by atoms with E-state index in [0.29, 0.717) is 6.04 Å². The first-order chi connectivity index (χ1) is 6.66. The van der Waals surface area contributed by atoms with Gasteiger partial charge in [0.1, 0.15) is 0 Å². The summed E-state index contributed by atoms with van der Waals surface area (Å²) in [6, 6.07) is 9.77. The van der Waals surface area contributed by atoms with Crippen LogP contribution in [0.2, 0.25) is 0 Å². The highest BCUT2D eigenvalue weighted by atomic mass is 79.9. The van der Waals surface area contributed by atoms with Crippen LogP contribution in [-0.2, 0) is 0 Å². The van der Waals surface area contributed by atoms with Crippen molar-refractivity contribution in [2.45, 2.75) is 32.4 Å². The molecule has 1 fully saturated rings. The second kappa shape index (κ2) is 4.03. The SMILES string of the molecule is CC(NC1CC1C)c1ccc(Br)cc1. The van der Waals surface area contributed by atoms with E-state index in [2.05, 4.69) is 59.4 Å². The van der Waals surface area contributed by atoms with E-state index in [9.17, 15) is 0 Å². The third-order valence-corrected chi connectivity index (χ3v) is 3.47. The summed E-state index contributed by atoms with van der Waals surface area (Å²) < 4.78 is 1.15. The standard InChI is InChI=1S/C12H16BrN/c1-8-7-12(8)14-9(2)10-3-5-11(13)6-4-10/h3-6,8-9,12,14H,7H2,1-2H3. The zero-order valence-corrected chi connectivity index (χ0v) is 10.2. The van der Waals surface area contributed by atoms with Crippen molar-refractivity contribution in [2.75, 3.05) is 0 Å². The van der Waals surface area contributed by atoms with Gasteiger partial charge in [0.25, 0.3) is 0 Å². The first-order valence-corrected chi connectivity index (χ1v) is 5.97. The molecule has 0 radical (unpaired) electrons. The molecule has 2 heteroatoms. The number of hydrogen-bond acceptors (Lipinski definition) is 1. The lowest BCUT2D eigenvalue weighted by molar-refractivity contribution is 0.552. The minimum atomic E-state index is 0.470. The van der Waals surface area contributed by atoms with Gasteiger partial charge in [-0.25, -0.2) is 0 Å². The van der Waals surface area contributed by atoms with Crippen LogP contribution in [0.1, 0.15) is 31.9 Å². The Bertz CT molecular complexity index is 307. The van der Waals surface area contributed by atoms with Gasteiger partial charge in [0.2, 0.25) is 0 Å². The summed E-state index contributed by atoms with van der Waals surface area (Å²) in [5, 5.41) is 3.62. The smallest absolute Gasteiger partial charge is 0.0294 e. The number of hydrogen-bond donors (Lipinski definition) is 1. The lowest BCUT2D eigenvalue weighted by atomic mass is 10.1. The molecule has 1 saturated carbocycles. The van der Waals surface area contributed by atoms with Gasteiger partial charge < -0.3 is 5.32 Å². The minimum absolute atomic E-state index is 0.470. The van der Waals surface area contributed by atoms with Crippen molar-refractivity contribution in [2.24, 2.45) is 5.92 Å². The Kier molecular flexibility index (Phi) is 2.93. The third kappa shape index (κ3) is 2.37. The lowest BCUT2D eigenvalue weighted by Crippen LogP contribution is -2.21. The molecule has 76 valence electrons.